The Hall–Kier alpha value is -3.82. The number of aliphatic imine (C=N–C) groups is 1. The number of ether oxygens (including phenoxy) is 2. The number of hydrogen-bond donors (Lipinski definition) is 2. The highest BCUT2D eigenvalue weighted by molar-refractivity contribution is 5.84. The lowest BCUT2D eigenvalue weighted by molar-refractivity contribution is 0.0507. The number of unbranched alkanes of at least 4 members (excludes halogenated alkanes) is 2. The lowest BCUT2D eigenvalue weighted by Crippen LogP contribution is -2.41. The van der Waals surface area contributed by atoms with Crippen molar-refractivity contribution in [3.63, 3.8) is 0 Å². The highest BCUT2D eigenvalue weighted by Gasteiger charge is 2.44. The molecule has 0 aromatic heterocycles. The van der Waals surface area contributed by atoms with Gasteiger partial charge < -0.3 is 19.7 Å². The molecule has 54 heavy (non-hydrogen) atoms. The second-order valence-electron chi connectivity index (χ2n) is 19.1. The minimum Gasteiger partial charge on any atom is -0.507 e. The predicted octanol–water partition coefficient (Wildman–Crippen LogP) is 11.9. The summed E-state index contributed by atoms with van der Waals surface area (Å²) in [5.74, 6) is 1.79. The van der Waals surface area contributed by atoms with E-state index in [9.17, 15) is 15.5 Å². The molecule has 0 saturated carbocycles. The standard InChI is InChI=1S/C48H70N2O4/c1-16-19-23-53-42-36(44(4,5)6)26-34(27-37(42)45(7,8)9)48(52,41(18-3)50-31-33-25-32(30-49)21-22-40(33)51)35-28-38(46(10,11)12)43(54-24-20-17-2)39(29-35)47(13,14)15/h21-22,25-29,31,41,51-52H,16-20,23-24H2,1-15H3. The molecule has 0 heterocycles. The van der Waals surface area contributed by atoms with Crippen LogP contribution in [0.15, 0.2) is 47.5 Å². The molecule has 6 heteroatoms. The topological polar surface area (TPSA) is 95.1 Å². The van der Waals surface area contributed by atoms with Gasteiger partial charge in [-0.05, 0) is 94.5 Å². The maximum absolute atomic E-state index is 13.9. The van der Waals surface area contributed by atoms with E-state index in [1.165, 1.54) is 6.07 Å². The third-order valence-electron chi connectivity index (χ3n) is 10.2. The highest BCUT2D eigenvalue weighted by Crippen LogP contribution is 2.49. The second kappa shape index (κ2) is 17.3. The molecule has 3 aromatic carbocycles. The van der Waals surface area contributed by atoms with E-state index in [-0.39, 0.29) is 27.4 Å². The van der Waals surface area contributed by atoms with E-state index < -0.39 is 11.6 Å². The van der Waals surface area contributed by atoms with Crippen molar-refractivity contribution in [1.82, 2.24) is 0 Å². The first-order valence-electron chi connectivity index (χ1n) is 20.1. The zero-order valence-corrected chi connectivity index (χ0v) is 36.3. The quantitative estimate of drug-likeness (QED) is 0.127. The Kier molecular flexibility index (Phi) is 14.3. The first-order chi connectivity index (χ1) is 24.9. The van der Waals surface area contributed by atoms with Crippen molar-refractivity contribution in [2.75, 3.05) is 13.2 Å². The average Bonchev–Trinajstić information content (AvgIpc) is 3.07. The molecule has 1 atom stereocenters. The summed E-state index contributed by atoms with van der Waals surface area (Å²) < 4.78 is 13.3. The maximum atomic E-state index is 13.9. The fraction of sp³-hybridized carbons (Fsp3) is 0.583. The predicted molar refractivity (Wildman–Crippen MR) is 226 cm³/mol. The highest BCUT2D eigenvalue weighted by atomic mass is 16.5. The number of aromatic hydroxyl groups is 1. The van der Waals surface area contributed by atoms with Crippen LogP contribution in [0, 0.1) is 11.3 Å². The molecular formula is C48H70N2O4. The molecule has 1 unspecified atom stereocenters. The largest absolute Gasteiger partial charge is 0.507 e. The number of phenols is 1. The third kappa shape index (κ3) is 10.3. The molecule has 296 valence electrons. The average molecular weight is 739 g/mol. The second-order valence-corrected chi connectivity index (χ2v) is 19.1. The van der Waals surface area contributed by atoms with Crippen molar-refractivity contribution in [2.24, 2.45) is 4.99 Å². The zero-order chi connectivity index (χ0) is 40.9. The zero-order valence-electron chi connectivity index (χ0n) is 36.3. The van der Waals surface area contributed by atoms with Gasteiger partial charge in [0.05, 0.1) is 30.9 Å². The van der Waals surface area contributed by atoms with Crippen LogP contribution in [0.3, 0.4) is 0 Å². The van der Waals surface area contributed by atoms with Gasteiger partial charge in [-0.1, -0.05) is 117 Å². The van der Waals surface area contributed by atoms with Crippen LogP contribution in [-0.4, -0.2) is 35.7 Å². The monoisotopic (exact) mass is 739 g/mol. The van der Waals surface area contributed by atoms with Crippen molar-refractivity contribution in [3.05, 3.63) is 87.0 Å². The van der Waals surface area contributed by atoms with E-state index in [1.807, 2.05) is 6.92 Å². The van der Waals surface area contributed by atoms with Gasteiger partial charge in [0, 0.05) is 34.0 Å². The van der Waals surface area contributed by atoms with Crippen LogP contribution < -0.4 is 9.47 Å². The van der Waals surface area contributed by atoms with Crippen LogP contribution in [0.4, 0.5) is 0 Å². The van der Waals surface area contributed by atoms with Crippen LogP contribution >= 0.6 is 0 Å². The summed E-state index contributed by atoms with van der Waals surface area (Å²) >= 11 is 0. The van der Waals surface area contributed by atoms with E-state index in [4.69, 9.17) is 14.5 Å². The summed E-state index contributed by atoms with van der Waals surface area (Å²) in [6.45, 7) is 34.0. The Bertz CT molecular complexity index is 1640. The first kappa shape index (κ1) is 44.6. The number of rotatable bonds is 14. The number of hydrogen-bond acceptors (Lipinski definition) is 6. The molecule has 0 fully saturated rings. The maximum Gasteiger partial charge on any atom is 0.137 e. The van der Waals surface area contributed by atoms with Gasteiger partial charge in [0.25, 0.3) is 0 Å². The van der Waals surface area contributed by atoms with Gasteiger partial charge in [-0.2, -0.15) is 5.26 Å². The molecule has 0 saturated heterocycles. The molecule has 3 aromatic rings. The molecular weight excluding hydrogens is 669 g/mol. The van der Waals surface area contributed by atoms with Gasteiger partial charge in [-0.15, -0.1) is 0 Å². The Balaban J connectivity index is 2.62. The minimum atomic E-state index is -1.63. The lowest BCUT2D eigenvalue weighted by atomic mass is 9.70. The van der Waals surface area contributed by atoms with Gasteiger partial charge in [-0.3, -0.25) is 4.99 Å². The van der Waals surface area contributed by atoms with E-state index in [0.29, 0.717) is 30.8 Å². The smallest absolute Gasteiger partial charge is 0.137 e. The summed E-state index contributed by atoms with van der Waals surface area (Å²) in [6.07, 6.45) is 6.04. The van der Waals surface area contributed by atoms with E-state index in [2.05, 4.69) is 127 Å². The van der Waals surface area contributed by atoms with E-state index in [1.54, 1.807) is 18.3 Å². The van der Waals surface area contributed by atoms with E-state index in [0.717, 1.165) is 70.6 Å². The molecule has 0 radical (unpaired) electrons. The van der Waals surface area contributed by atoms with Crippen molar-refractivity contribution < 1.29 is 19.7 Å². The summed E-state index contributed by atoms with van der Waals surface area (Å²) in [4.78, 5) is 5.10. The molecule has 0 bridgehead atoms. The number of benzene rings is 3. The lowest BCUT2D eigenvalue weighted by Gasteiger charge is -2.40. The summed E-state index contributed by atoms with van der Waals surface area (Å²) in [6, 6.07) is 14.8. The molecule has 0 aliphatic rings. The van der Waals surface area contributed by atoms with Crippen molar-refractivity contribution in [2.45, 2.75) is 169 Å². The number of phenolic OH excluding ortho intramolecular Hbond substituents is 1. The third-order valence-corrected chi connectivity index (χ3v) is 10.2. The molecule has 6 nitrogen and oxygen atoms in total. The Morgan fingerprint density at radius 3 is 1.37 bits per heavy atom. The fourth-order valence-corrected chi connectivity index (χ4v) is 6.83. The Labute approximate surface area is 328 Å². The van der Waals surface area contributed by atoms with Gasteiger partial charge >= 0.3 is 0 Å². The Morgan fingerprint density at radius 1 is 0.667 bits per heavy atom. The molecule has 3 rings (SSSR count). The SMILES string of the molecule is CCCCOc1c(C(C)(C)C)cc(C(O)(c2cc(C(C)(C)C)c(OCCCC)c(C(C)(C)C)c2)C(CC)N=Cc2cc(C#N)ccc2O)cc1C(C)(C)C. The summed E-state index contributed by atoms with van der Waals surface area (Å²) in [5, 5.41) is 34.3. The fourth-order valence-electron chi connectivity index (χ4n) is 6.83. The van der Waals surface area contributed by atoms with Crippen LogP contribution in [0.1, 0.15) is 180 Å². The van der Waals surface area contributed by atoms with Gasteiger partial charge in [-0.25, -0.2) is 0 Å². The van der Waals surface area contributed by atoms with Crippen LogP contribution in [0.25, 0.3) is 0 Å². The Morgan fingerprint density at radius 2 is 1.06 bits per heavy atom. The molecule has 0 aliphatic carbocycles. The van der Waals surface area contributed by atoms with Gasteiger partial charge in [0.1, 0.15) is 22.8 Å². The molecule has 0 spiro atoms. The molecule has 0 aliphatic heterocycles. The number of nitrogens with zero attached hydrogens (tertiary/aromatic N) is 2. The molecule has 2 N–H and O–H groups in total. The van der Waals surface area contributed by atoms with Crippen LogP contribution in [-0.2, 0) is 27.3 Å². The summed E-state index contributed by atoms with van der Waals surface area (Å²) in [5.41, 5.74) is 3.58. The van der Waals surface area contributed by atoms with Gasteiger partial charge in [0.15, 0.2) is 0 Å². The van der Waals surface area contributed by atoms with Gasteiger partial charge in [0.2, 0.25) is 0 Å². The summed E-state index contributed by atoms with van der Waals surface area (Å²) in [7, 11) is 0. The first-order valence-corrected chi connectivity index (χ1v) is 20.1. The number of aliphatic hydroxyl groups is 1. The normalized spacial score (nSPS) is 13.6. The van der Waals surface area contributed by atoms with Crippen LogP contribution in [0.2, 0.25) is 0 Å². The van der Waals surface area contributed by atoms with Crippen molar-refractivity contribution in [3.8, 4) is 23.3 Å². The molecule has 0 amide bonds. The minimum absolute atomic E-state index is 0.0216. The number of nitriles is 1. The van der Waals surface area contributed by atoms with Crippen LogP contribution in [0.5, 0.6) is 17.2 Å². The van der Waals surface area contributed by atoms with Crippen molar-refractivity contribution >= 4 is 6.21 Å². The van der Waals surface area contributed by atoms with Crippen molar-refractivity contribution in [1.29, 1.82) is 5.26 Å². The van der Waals surface area contributed by atoms with E-state index >= 15 is 0 Å².